The first-order valence-electron chi connectivity index (χ1n) is 9.84. The van der Waals surface area contributed by atoms with E-state index in [4.69, 9.17) is 69.6 Å². The molecule has 1 unspecified atom stereocenters. The normalized spacial score (nSPS) is 11.6. The predicted octanol–water partition coefficient (Wildman–Crippen LogP) is 8.68. The fraction of sp³-hybridized carbons (Fsp3) is 0.0870. The molecule has 1 atom stereocenters. The van der Waals surface area contributed by atoms with Crippen LogP contribution in [0.1, 0.15) is 27.6 Å². The molecule has 13 heteroatoms. The number of thioether (sulfide) groups is 1. The highest BCUT2D eigenvalue weighted by Crippen LogP contribution is 2.42. The highest BCUT2D eigenvalue weighted by molar-refractivity contribution is 8.00. The number of carboxylic acid groups (broad SMARTS) is 1. The van der Waals surface area contributed by atoms with Gasteiger partial charge in [0.05, 0.1) is 52.2 Å². The Morgan fingerprint density at radius 1 is 0.806 bits per heavy atom. The van der Waals surface area contributed by atoms with Gasteiger partial charge in [-0.2, -0.15) is 0 Å². The first kappa shape index (κ1) is 28.7. The van der Waals surface area contributed by atoms with Crippen LogP contribution in [0.2, 0.25) is 30.1 Å². The summed E-state index contributed by atoms with van der Waals surface area (Å²) in [6.45, 7) is 1.69. The number of carboxylic acids is 1. The molecule has 0 saturated carbocycles. The van der Waals surface area contributed by atoms with E-state index >= 15 is 0 Å². The Morgan fingerprint density at radius 2 is 1.42 bits per heavy atom. The van der Waals surface area contributed by atoms with Gasteiger partial charge >= 0.3 is 5.97 Å². The fourth-order valence-corrected chi connectivity index (χ4v) is 5.27. The molecule has 3 rings (SSSR count). The van der Waals surface area contributed by atoms with Crippen molar-refractivity contribution in [1.82, 2.24) is 0 Å². The van der Waals surface area contributed by atoms with E-state index in [9.17, 15) is 19.5 Å². The van der Waals surface area contributed by atoms with Gasteiger partial charge in [0.1, 0.15) is 0 Å². The Labute approximate surface area is 240 Å². The summed E-state index contributed by atoms with van der Waals surface area (Å²) in [6, 6.07) is 11.5. The molecule has 0 fully saturated rings. The number of benzene rings is 3. The van der Waals surface area contributed by atoms with Gasteiger partial charge in [-0.25, -0.2) is 4.79 Å². The van der Waals surface area contributed by atoms with Gasteiger partial charge in [-0.05, 0) is 37.3 Å². The number of hydrogen-bond acceptors (Lipinski definition) is 4. The molecule has 188 valence electrons. The van der Waals surface area contributed by atoms with E-state index in [0.717, 1.165) is 0 Å². The smallest absolute Gasteiger partial charge is 0.338 e. The number of hydrogen-bond donors (Lipinski definition) is 3. The zero-order valence-corrected chi connectivity index (χ0v) is 23.3. The van der Waals surface area contributed by atoms with Crippen LogP contribution in [-0.4, -0.2) is 28.1 Å². The summed E-state index contributed by atoms with van der Waals surface area (Å²) in [5.74, 6) is -2.68. The van der Waals surface area contributed by atoms with Gasteiger partial charge in [-0.3, -0.25) is 9.59 Å². The summed E-state index contributed by atoms with van der Waals surface area (Å²) in [4.78, 5) is 38.0. The Kier molecular flexibility index (Phi) is 9.68. The number of carbonyl (C=O) groups is 3. The van der Waals surface area contributed by atoms with Crippen LogP contribution in [0.25, 0.3) is 0 Å². The highest BCUT2D eigenvalue weighted by atomic mass is 35.5. The number of aromatic carboxylic acids is 1. The largest absolute Gasteiger partial charge is 0.478 e. The van der Waals surface area contributed by atoms with Crippen LogP contribution in [0.4, 0.5) is 11.4 Å². The maximum atomic E-state index is 13.0. The van der Waals surface area contributed by atoms with Gasteiger partial charge < -0.3 is 15.7 Å². The second-order valence-corrected chi connectivity index (χ2v) is 10.9. The van der Waals surface area contributed by atoms with Crippen LogP contribution in [-0.2, 0) is 4.79 Å². The molecule has 36 heavy (non-hydrogen) atoms. The number of amides is 2. The molecule has 0 bridgehead atoms. The fourth-order valence-electron chi connectivity index (χ4n) is 2.98. The summed E-state index contributed by atoms with van der Waals surface area (Å²) in [7, 11) is 0. The predicted molar refractivity (Wildman–Crippen MR) is 148 cm³/mol. The van der Waals surface area contributed by atoms with Crippen molar-refractivity contribution >= 4 is 111 Å². The van der Waals surface area contributed by atoms with Crippen LogP contribution in [0.5, 0.6) is 0 Å². The molecule has 0 aromatic heterocycles. The average molecular weight is 627 g/mol. The Hall–Kier alpha value is -1.84. The third kappa shape index (κ3) is 6.34. The standard InChI is InChI=1S/C23H14Cl6N2O4S/c1-9(21(32)31-13-7-3-6-12(24)16(13)25)36-11-5-2-4-10(8-11)30-22(33)14-15(23(34)35)18(27)20(29)19(28)17(14)26/h2-9H,1H3,(H,30,33)(H,31,32)(H,34,35). The molecule has 3 N–H and O–H groups in total. The van der Waals surface area contributed by atoms with Gasteiger partial charge in [0, 0.05) is 10.6 Å². The lowest BCUT2D eigenvalue weighted by Gasteiger charge is -2.15. The second kappa shape index (κ2) is 12.1. The van der Waals surface area contributed by atoms with Crippen molar-refractivity contribution in [1.29, 1.82) is 0 Å². The Balaban J connectivity index is 1.79. The van der Waals surface area contributed by atoms with Crippen LogP contribution in [0.15, 0.2) is 47.4 Å². The number of halogens is 6. The van der Waals surface area contributed by atoms with Crippen LogP contribution < -0.4 is 10.6 Å². The minimum Gasteiger partial charge on any atom is -0.478 e. The third-order valence-corrected chi connectivity index (χ3v) is 8.41. The van der Waals surface area contributed by atoms with Gasteiger partial charge in [0.15, 0.2) is 0 Å². The van der Waals surface area contributed by atoms with Crippen LogP contribution >= 0.6 is 81.4 Å². The van der Waals surface area contributed by atoms with Crippen molar-refractivity contribution < 1.29 is 19.5 Å². The Bertz CT molecular complexity index is 1390. The number of carbonyl (C=O) groups excluding carboxylic acids is 2. The molecule has 0 aliphatic heterocycles. The lowest BCUT2D eigenvalue weighted by Crippen LogP contribution is -2.22. The topological polar surface area (TPSA) is 95.5 Å². The van der Waals surface area contributed by atoms with Gasteiger partial charge in [-0.1, -0.05) is 81.7 Å². The molecule has 0 spiro atoms. The van der Waals surface area contributed by atoms with Gasteiger partial charge in [-0.15, -0.1) is 11.8 Å². The van der Waals surface area contributed by atoms with E-state index in [0.29, 0.717) is 21.3 Å². The summed E-state index contributed by atoms with van der Waals surface area (Å²) in [5.41, 5.74) is -0.323. The summed E-state index contributed by atoms with van der Waals surface area (Å²) < 4.78 is 0. The minimum absolute atomic E-state index is 0.233. The molecule has 6 nitrogen and oxygen atoms in total. The molecule has 0 saturated heterocycles. The maximum Gasteiger partial charge on any atom is 0.338 e. The van der Waals surface area contributed by atoms with E-state index in [-0.39, 0.29) is 26.0 Å². The number of nitrogens with one attached hydrogen (secondary N) is 2. The number of anilines is 2. The van der Waals surface area contributed by atoms with E-state index in [1.54, 1.807) is 49.4 Å². The van der Waals surface area contributed by atoms with Crippen molar-refractivity contribution in [2.24, 2.45) is 0 Å². The molecule has 3 aromatic carbocycles. The van der Waals surface area contributed by atoms with Gasteiger partial charge in [0.2, 0.25) is 5.91 Å². The van der Waals surface area contributed by atoms with Crippen LogP contribution in [0.3, 0.4) is 0 Å². The highest BCUT2D eigenvalue weighted by Gasteiger charge is 2.29. The molecule has 0 radical (unpaired) electrons. The second-order valence-electron chi connectivity index (χ2n) is 7.14. The van der Waals surface area contributed by atoms with E-state index in [1.807, 2.05) is 0 Å². The van der Waals surface area contributed by atoms with Crippen molar-refractivity contribution in [3.63, 3.8) is 0 Å². The minimum atomic E-state index is -1.51. The molecular formula is C23H14Cl6N2O4S. The van der Waals surface area contributed by atoms with E-state index in [2.05, 4.69) is 10.6 Å². The molecule has 3 aromatic rings. The zero-order valence-electron chi connectivity index (χ0n) is 18.0. The summed E-state index contributed by atoms with van der Waals surface area (Å²) >= 11 is 37.4. The number of rotatable bonds is 7. The van der Waals surface area contributed by atoms with Crippen LogP contribution in [0, 0.1) is 0 Å². The first-order chi connectivity index (χ1) is 16.9. The quantitative estimate of drug-likeness (QED) is 0.139. The molecule has 2 amide bonds. The molecule has 0 aliphatic rings. The molecular weight excluding hydrogens is 613 g/mol. The van der Waals surface area contributed by atoms with Gasteiger partial charge in [0.25, 0.3) is 5.91 Å². The molecule has 0 heterocycles. The Morgan fingerprint density at radius 3 is 2.06 bits per heavy atom. The SMILES string of the molecule is CC(Sc1cccc(NC(=O)c2c(Cl)c(Cl)c(Cl)c(Cl)c2C(=O)O)c1)C(=O)Nc1cccc(Cl)c1Cl. The molecule has 0 aliphatic carbocycles. The first-order valence-corrected chi connectivity index (χ1v) is 13.0. The van der Waals surface area contributed by atoms with E-state index in [1.165, 1.54) is 11.8 Å². The monoisotopic (exact) mass is 624 g/mol. The maximum absolute atomic E-state index is 13.0. The van der Waals surface area contributed by atoms with Crippen molar-refractivity contribution in [2.75, 3.05) is 10.6 Å². The van der Waals surface area contributed by atoms with E-state index < -0.39 is 33.3 Å². The van der Waals surface area contributed by atoms with Crippen molar-refractivity contribution in [2.45, 2.75) is 17.1 Å². The lowest BCUT2D eigenvalue weighted by molar-refractivity contribution is -0.115. The summed E-state index contributed by atoms with van der Waals surface area (Å²) in [5, 5.41) is 13.6. The van der Waals surface area contributed by atoms with Crippen molar-refractivity contribution in [3.05, 3.63) is 83.7 Å². The summed E-state index contributed by atoms with van der Waals surface area (Å²) in [6.07, 6.45) is 0. The third-order valence-electron chi connectivity index (χ3n) is 4.69. The average Bonchev–Trinajstić information content (AvgIpc) is 2.82. The lowest BCUT2D eigenvalue weighted by atomic mass is 10.1. The zero-order chi connectivity index (χ0) is 26.7. The van der Waals surface area contributed by atoms with Crippen molar-refractivity contribution in [3.8, 4) is 0 Å².